The van der Waals surface area contributed by atoms with Gasteiger partial charge in [0, 0.05) is 43.7 Å². The molecule has 0 bridgehead atoms. The Morgan fingerprint density at radius 1 is 1.14 bits per heavy atom. The average Bonchev–Trinajstić information content (AvgIpc) is 3.44. The number of hydrogen-bond acceptors (Lipinski definition) is 3. The fourth-order valence-corrected chi connectivity index (χ4v) is 3.69. The number of rotatable bonds is 6. The Labute approximate surface area is 167 Å². The number of alkyl halides is 2. The summed E-state index contributed by atoms with van der Waals surface area (Å²) in [7, 11) is 0. The summed E-state index contributed by atoms with van der Waals surface area (Å²) in [6.07, 6.45) is -0.643. The van der Waals surface area contributed by atoms with Crippen LogP contribution >= 0.6 is 11.6 Å². The topological polar surface area (TPSA) is 41.4 Å². The Balaban J connectivity index is 1.32. The van der Waals surface area contributed by atoms with Crippen molar-refractivity contribution in [3.8, 4) is 0 Å². The molecule has 4 rings (SSSR count). The fourth-order valence-electron chi connectivity index (χ4n) is 3.56. The molecular formula is C20H23ClF2N4O. The van der Waals surface area contributed by atoms with Crippen LogP contribution in [-0.2, 0) is 17.9 Å². The summed E-state index contributed by atoms with van der Waals surface area (Å²) in [6.45, 7) is 3.37. The fraction of sp³-hybridized carbons (Fsp3) is 0.500. The van der Waals surface area contributed by atoms with Crippen LogP contribution in [0.5, 0.6) is 0 Å². The van der Waals surface area contributed by atoms with Crippen molar-refractivity contribution in [1.29, 1.82) is 0 Å². The molecule has 0 radical (unpaired) electrons. The van der Waals surface area contributed by atoms with E-state index in [9.17, 15) is 13.6 Å². The number of piperazine rings is 1. The van der Waals surface area contributed by atoms with Crippen molar-refractivity contribution in [3.63, 3.8) is 0 Å². The lowest BCUT2D eigenvalue weighted by Gasteiger charge is -2.34. The van der Waals surface area contributed by atoms with Gasteiger partial charge in [0.2, 0.25) is 5.91 Å². The molecule has 2 fully saturated rings. The van der Waals surface area contributed by atoms with Gasteiger partial charge in [-0.25, -0.2) is 8.78 Å². The van der Waals surface area contributed by atoms with Crippen LogP contribution in [0.3, 0.4) is 0 Å². The molecule has 5 nitrogen and oxygen atoms in total. The molecule has 8 heteroatoms. The molecule has 0 unspecified atom stereocenters. The van der Waals surface area contributed by atoms with E-state index in [1.165, 1.54) is 16.3 Å². The molecule has 1 amide bonds. The van der Waals surface area contributed by atoms with E-state index in [0.717, 1.165) is 32.5 Å². The lowest BCUT2D eigenvalue weighted by atomic mass is 10.2. The molecule has 0 N–H and O–H groups in total. The maximum Gasteiger partial charge on any atom is 0.280 e. The minimum Gasteiger partial charge on any atom is -0.339 e. The molecule has 28 heavy (non-hydrogen) atoms. The Kier molecular flexibility index (Phi) is 5.64. The van der Waals surface area contributed by atoms with Gasteiger partial charge in [0.1, 0.15) is 12.2 Å². The first-order valence-electron chi connectivity index (χ1n) is 9.60. The minimum atomic E-state index is -2.62. The monoisotopic (exact) mass is 408 g/mol. The van der Waals surface area contributed by atoms with E-state index >= 15 is 0 Å². The predicted octanol–water partition coefficient (Wildman–Crippen LogP) is 3.70. The highest BCUT2D eigenvalue weighted by Gasteiger charge is 2.30. The zero-order valence-corrected chi connectivity index (χ0v) is 16.3. The average molecular weight is 409 g/mol. The van der Waals surface area contributed by atoms with Gasteiger partial charge in [0.05, 0.1) is 5.69 Å². The number of hydrogen-bond donors (Lipinski definition) is 0. The Morgan fingerprint density at radius 2 is 1.82 bits per heavy atom. The zero-order valence-electron chi connectivity index (χ0n) is 15.5. The normalized spacial score (nSPS) is 18.1. The third-order valence-electron chi connectivity index (χ3n) is 5.38. The van der Waals surface area contributed by atoms with Gasteiger partial charge in [-0.15, -0.1) is 0 Å². The van der Waals surface area contributed by atoms with E-state index < -0.39 is 6.43 Å². The summed E-state index contributed by atoms with van der Waals surface area (Å²) in [5.41, 5.74) is 1.71. The second kappa shape index (κ2) is 8.17. The quantitative estimate of drug-likeness (QED) is 0.732. The lowest BCUT2D eigenvalue weighted by molar-refractivity contribution is -0.134. The van der Waals surface area contributed by atoms with Crippen molar-refractivity contribution in [2.75, 3.05) is 26.2 Å². The molecule has 150 valence electrons. The number of halogens is 3. The van der Waals surface area contributed by atoms with Crippen LogP contribution in [0.15, 0.2) is 30.3 Å². The molecule has 0 spiro atoms. The zero-order chi connectivity index (χ0) is 19.7. The second-order valence-corrected chi connectivity index (χ2v) is 7.95. The van der Waals surface area contributed by atoms with E-state index in [1.54, 1.807) is 4.90 Å². The number of nitrogens with zero attached hydrogens (tertiary/aromatic N) is 4. The van der Waals surface area contributed by atoms with Crippen LogP contribution in [0.2, 0.25) is 5.02 Å². The first-order chi connectivity index (χ1) is 13.5. The highest BCUT2D eigenvalue weighted by atomic mass is 35.5. The van der Waals surface area contributed by atoms with Gasteiger partial charge < -0.3 is 4.90 Å². The van der Waals surface area contributed by atoms with Gasteiger partial charge in [0.25, 0.3) is 6.43 Å². The highest BCUT2D eigenvalue weighted by molar-refractivity contribution is 6.30. The van der Waals surface area contributed by atoms with Crippen LogP contribution in [-0.4, -0.2) is 51.7 Å². The lowest BCUT2D eigenvalue weighted by Crippen LogP contribution is -2.49. The Hall–Kier alpha value is -1.99. The molecule has 1 saturated carbocycles. The van der Waals surface area contributed by atoms with Crippen LogP contribution in [0, 0.1) is 0 Å². The Morgan fingerprint density at radius 3 is 2.43 bits per heavy atom. The Bertz CT molecular complexity index is 827. The summed E-state index contributed by atoms with van der Waals surface area (Å²) in [6, 6.07) is 9.20. The summed E-state index contributed by atoms with van der Waals surface area (Å²) in [5, 5.41) is 4.99. The molecule has 0 atom stereocenters. The van der Waals surface area contributed by atoms with Crippen LogP contribution in [0.4, 0.5) is 8.78 Å². The highest BCUT2D eigenvalue weighted by Crippen LogP contribution is 2.40. The van der Waals surface area contributed by atoms with Gasteiger partial charge in [-0.05, 0) is 36.6 Å². The SMILES string of the molecule is O=C(Cn1nc(C2CC2)cc1C(F)F)N1CCN(Cc2ccc(Cl)cc2)CC1. The van der Waals surface area contributed by atoms with Gasteiger partial charge >= 0.3 is 0 Å². The van der Waals surface area contributed by atoms with E-state index in [2.05, 4.69) is 10.00 Å². The molecule has 2 aromatic rings. The third kappa shape index (κ3) is 4.52. The maximum absolute atomic E-state index is 13.3. The summed E-state index contributed by atoms with van der Waals surface area (Å²) >= 11 is 5.92. The number of carbonyl (C=O) groups is 1. The standard InChI is InChI=1S/C20H23ClF2N4O/c21-16-5-1-14(2-6-16)12-25-7-9-26(10-8-25)19(28)13-27-18(20(22)23)11-17(24-27)15-3-4-15/h1-2,5-6,11,15,20H,3-4,7-10,12-13H2. The third-order valence-corrected chi connectivity index (χ3v) is 5.63. The van der Waals surface area contributed by atoms with Crippen molar-refractivity contribution in [1.82, 2.24) is 19.6 Å². The van der Waals surface area contributed by atoms with Crippen molar-refractivity contribution in [2.24, 2.45) is 0 Å². The van der Waals surface area contributed by atoms with E-state index in [1.807, 2.05) is 24.3 Å². The first kappa shape index (κ1) is 19.3. The summed E-state index contributed by atoms with van der Waals surface area (Å²) in [5.74, 6) is 0.128. The molecule has 1 aromatic carbocycles. The van der Waals surface area contributed by atoms with Gasteiger partial charge in [-0.3, -0.25) is 14.4 Å². The van der Waals surface area contributed by atoms with E-state index in [4.69, 9.17) is 11.6 Å². The van der Waals surface area contributed by atoms with Crippen LogP contribution in [0.1, 0.15) is 42.1 Å². The number of amides is 1. The largest absolute Gasteiger partial charge is 0.339 e. The number of benzene rings is 1. The molecule has 2 heterocycles. The smallest absolute Gasteiger partial charge is 0.280 e. The summed E-state index contributed by atoms with van der Waals surface area (Å²) < 4.78 is 27.8. The summed E-state index contributed by atoms with van der Waals surface area (Å²) in [4.78, 5) is 16.6. The van der Waals surface area contributed by atoms with Crippen molar-refractivity contribution in [2.45, 2.75) is 38.3 Å². The molecule has 1 saturated heterocycles. The van der Waals surface area contributed by atoms with Crippen LogP contribution in [0.25, 0.3) is 0 Å². The number of aromatic nitrogens is 2. The van der Waals surface area contributed by atoms with Gasteiger partial charge in [-0.2, -0.15) is 5.10 Å². The predicted molar refractivity (Wildman–Crippen MR) is 102 cm³/mol. The molecule has 1 aliphatic heterocycles. The first-order valence-corrected chi connectivity index (χ1v) is 9.98. The van der Waals surface area contributed by atoms with Crippen molar-refractivity contribution < 1.29 is 13.6 Å². The number of carbonyl (C=O) groups excluding carboxylic acids is 1. The van der Waals surface area contributed by atoms with E-state index in [-0.39, 0.29) is 24.1 Å². The van der Waals surface area contributed by atoms with Crippen molar-refractivity contribution in [3.05, 3.63) is 52.3 Å². The van der Waals surface area contributed by atoms with Gasteiger partial charge in [0.15, 0.2) is 0 Å². The molecule has 2 aliphatic rings. The van der Waals surface area contributed by atoms with Gasteiger partial charge in [-0.1, -0.05) is 23.7 Å². The second-order valence-electron chi connectivity index (χ2n) is 7.51. The molecule has 1 aliphatic carbocycles. The minimum absolute atomic E-state index is 0.121. The van der Waals surface area contributed by atoms with Crippen LogP contribution < -0.4 is 0 Å². The van der Waals surface area contributed by atoms with Crippen molar-refractivity contribution >= 4 is 17.5 Å². The maximum atomic E-state index is 13.3. The molecule has 1 aromatic heterocycles. The molecular weight excluding hydrogens is 386 g/mol. The van der Waals surface area contributed by atoms with E-state index in [0.29, 0.717) is 23.8 Å².